The number of unbranched alkanes of at least 4 members (excludes halogenated alkanes) is 2. The Morgan fingerprint density at radius 3 is 1.40 bits per heavy atom. The van der Waals surface area contributed by atoms with Gasteiger partial charge in [-0.1, -0.05) is 52.7 Å². The van der Waals surface area contributed by atoms with Gasteiger partial charge in [-0.2, -0.15) is 0 Å². The van der Waals surface area contributed by atoms with E-state index in [1.807, 2.05) is 0 Å². The number of aliphatic carboxylic acids is 3. The highest BCUT2D eigenvalue weighted by Gasteiger charge is 2.31. The highest BCUT2D eigenvalue weighted by Crippen LogP contribution is 2.21. The Balaban J connectivity index is 5.42. The molecule has 0 aromatic heterocycles. The van der Waals surface area contributed by atoms with E-state index in [0.29, 0.717) is 43.4 Å². The van der Waals surface area contributed by atoms with E-state index in [0.717, 1.165) is 32.2 Å². The van der Waals surface area contributed by atoms with E-state index in [-0.39, 0.29) is 0 Å². The Bertz CT molecular complexity index is 500. The summed E-state index contributed by atoms with van der Waals surface area (Å²) in [6.07, 6.45) is 9.87. The van der Waals surface area contributed by atoms with Gasteiger partial charge in [0.25, 0.3) is 0 Å². The maximum Gasteiger partial charge on any atom is 0.306 e. The van der Waals surface area contributed by atoms with Crippen molar-refractivity contribution in [3.63, 3.8) is 0 Å². The van der Waals surface area contributed by atoms with Crippen LogP contribution in [0.2, 0.25) is 0 Å². The SMILES string of the molecule is CCCC/C=C/CC[N+](CCC(C)C(=O)O)(CCC(C)C(=O)O)CCC(C)C(=O)O. The van der Waals surface area contributed by atoms with Crippen molar-refractivity contribution in [2.24, 2.45) is 17.8 Å². The van der Waals surface area contributed by atoms with Crippen LogP contribution < -0.4 is 0 Å². The van der Waals surface area contributed by atoms with E-state index < -0.39 is 35.7 Å². The van der Waals surface area contributed by atoms with Gasteiger partial charge in [0.1, 0.15) is 0 Å². The first-order chi connectivity index (χ1) is 14.0. The highest BCUT2D eigenvalue weighted by molar-refractivity contribution is 5.70. The van der Waals surface area contributed by atoms with Crippen molar-refractivity contribution in [2.75, 3.05) is 26.2 Å². The van der Waals surface area contributed by atoms with Gasteiger partial charge in [-0.25, -0.2) is 0 Å². The minimum Gasteiger partial charge on any atom is -0.481 e. The molecule has 0 bridgehead atoms. The first-order valence-corrected chi connectivity index (χ1v) is 11.2. The van der Waals surface area contributed by atoms with Crippen LogP contribution in [0, 0.1) is 17.8 Å². The fourth-order valence-corrected chi connectivity index (χ4v) is 3.35. The summed E-state index contributed by atoms with van der Waals surface area (Å²) < 4.78 is 0.560. The van der Waals surface area contributed by atoms with Crippen LogP contribution in [0.15, 0.2) is 12.2 Å². The number of hydrogen-bond donors (Lipinski definition) is 3. The molecule has 0 aromatic rings. The van der Waals surface area contributed by atoms with Crippen molar-refractivity contribution < 1.29 is 34.2 Å². The van der Waals surface area contributed by atoms with E-state index in [1.165, 1.54) is 0 Å². The van der Waals surface area contributed by atoms with Gasteiger partial charge in [-0.15, -0.1) is 0 Å². The van der Waals surface area contributed by atoms with E-state index >= 15 is 0 Å². The molecule has 174 valence electrons. The van der Waals surface area contributed by atoms with E-state index in [9.17, 15) is 29.7 Å². The molecule has 0 spiro atoms. The number of nitrogens with zero attached hydrogens (tertiary/aromatic N) is 1. The summed E-state index contributed by atoms with van der Waals surface area (Å²) in [5, 5.41) is 27.9. The van der Waals surface area contributed by atoms with Crippen molar-refractivity contribution in [3.05, 3.63) is 12.2 Å². The molecule has 0 saturated carbocycles. The Morgan fingerprint density at radius 1 is 0.700 bits per heavy atom. The predicted molar refractivity (Wildman–Crippen MR) is 117 cm³/mol. The summed E-state index contributed by atoms with van der Waals surface area (Å²) in [7, 11) is 0. The average molecular weight is 429 g/mol. The van der Waals surface area contributed by atoms with Crippen LogP contribution >= 0.6 is 0 Å². The Morgan fingerprint density at radius 2 is 1.07 bits per heavy atom. The van der Waals surface area contributed by atoms with Gasteiger partial charge < -0.3 is 19.8 Å². The molecule has 3 atom stereocenters. The van der Waals surface area contributed by atoms with Gasteiger partial charge in [0.05, 0.1) is 43.9 Å². The number of carboxylic acids is 3. The molecule has 0 aliphatic rings. The van der Waals surface area contributed by atoms with E-state index in [1.54, 1.807) is 20.8 Å². The Labute approximate surface area is 181 Å². The monoisotopic (exact) mass is 428 g/mol. The third-order valence-corrected chi connectivity index (χ3v) is 6.04. The first-order valence-electron chi connectivity index (χ1n) is 11.2. The first kappa shape index (κ1) is 28.1. The van der Waals surface area contributed by atoms with E-state index in [2.05, 4.69) is 19.1 Å². The summed E-state index contributed by atoms with van der Waals surface area (Å²) in [6.45, 7) is 9.77. The van der Waals surface area contributed by atoms with Crippen LogP contribution in [-0.2, 0) is 14.4 Å². The molecule has 7 nitrogen and oxygen atoms in total. The molecule has 3 N–H and O–H groups in total. The zero-order valence-electron chi connectivity index (χ0n) is 19.2. The lowest BCUT2D eigenvalue weighted by atomic mass is 10.0. The summed E-state index contributed by atoms with van der Waals surface area (Å²) in [5.74, 6) is -4.00. The third-order valence-electron chi connectivity index (χ3n) is 6.04. The molecule has 0 aromatic carbocycles. The Hall–Kier alpha value is -1.89. The van der Waals surface area contributed by atoms with Gasteiger partial charge >= 0.3 is 17.9 Å². The number of carbonyl (C=O) groups is 3. The molecule has 0 radical (unpaired) electrons. The van der Waals surface area contributed by atoms with Crippen molar-refractivity contribution >= 4 is 17.9 Å². The van der Waals surface area contributed by atoms with Gasteiger partial charge in [-0.3, -0.25) is 14.4 Å². The summed E-state index contributed by atoms with van der Waals surface area (Å²) in [6, 6.07) is 0. The summed E-state index contributed by atoms with van der Waals surface area (Å²) in [4.78, 5) is 33.9. The molecule has 3 unspecified atom stereocenters. The molecular weight excluding hydrogens is 386 g/mol. The number of quaternary nitrogens is 1. The maximum absolute atomic E-state index is 11.3. The minimum absolute atomic E-state index is 0.484. The normalized spacial score (nSPS) is 16.7. The maximum atomic E-state index is 11.3. The quantitative estimate of drug-likeness (QED) is 0.171. The molecule has 0 saturated heterocycles. The molecule has 0 rings (SSSR count). The van der Waals surface area contributed by atoms with Crippen LogP contribution in [-0.4, -0.2) is 63.9 Å². The molecule has 30 heavy (non-hydrogen) atoms. The zero-order valence-corrected chi connectivity index (χ0v) is 19.2. The number of carboxylic acid groups (broad SMARTS) is 3. The molecule has 0 amide bonds. The lowest BCUT2D eigenvalue weighted by Crippen LogP contribution is -2.52. The zero-order chi connectivity index (χ0) is 23.2. The van der Waals surface area contributed by atoms with Gasteiger partial charge in [0, 0.05) is 25.7 Å². The molecular formula is C23H42NO6+. The summed E-state index contributed by atoms with van der Waals surface area (Å²) >= 11 is 0. The van der Waals surface area contributed by atoms with E-state index in [4.69, 9.17) is 0 Å². The second kappa shape index (κ2) is 15.0. The fourth-order valence-electron chi connectivity index (χ4n) is 3.35. The topological polar surface area (TPSA) is 112 Å². The fraction of sp³-hybridized carbons (Fsp3) is 0.783. The molecule has 0 aliphatic heterocycles. The molecule has 0 fully saturated rings. The van der Waals surface area contributed by atoms with Crippen LogP contribution in [0.3, 0.4) is 0 Å². The predicted octanol–water partition coefficient (Wildman–Crippen LogP) is 4.27. The van der Waals surface area contributed by atoms with Gasteiger partial charge in [0.15, 0.2) is 0 Å². The van der Waals surface area contributed by atoms with Gasteiger partial charge in [0.2, 0.25) is 0 Å². The van der Waals surface area contributed by atoms with Crippen molar-refractivity contribution in [1.29, 1.82) is 0 Å². The number of allylic oxidation sites excluding steroid dienone is 1. The standard InChI is InChI=1S/C23H41NO6/c1-5-6-7-8-9-10-14-24(15-11-18(2)21(25)26,16-12-19(3)22(27)28)17-13-20(4)23(29)30/h8-9,18-20H,5-7,10-17H2,1-4H3,(H2-,25,26,27,28,29,30)/p+1/b9-8+. The van der Waals surface area contributed by atoms with Crippen LogP contribution in [0.5, 0.6) is 0 Å². The lowest BCUT2D eigenvalue weighted by Gasteiger charge is -2.40. The van der Waals surface area contributed by atoms with Crippen LogP contribution in [0.1, 0.15) is 72.6 Å². The van der Waals surface area contributed by atoms with Crippen molar-refractivity contribution in [3.8, 4) is 0 Å². The van der Waals surface area contributed by atoms with Gasteiger partial charge in [-0.05, 0) is 6.42 Å². The Kier molecular flexibility index (Phi) is 14.0. The van der Waals surface area contributed by atoms with Crippen LogP contribution in [0.25, 0.3) is 0 Å². The second-order valence-corrected chi connectivity index (χ2v) is 8.72. The largest absolute Gasteiger partial charge is 0.481 e. The van der Waals surface area contributed by atoms with Crippen molar-refractivity contribution in [1.82, 2.24) is 0 Å². The minimum atomic E-state index is -0.842. The average Bonchev–Trinajstić information content (AvgIpc) is 2.69. The second-order valence-electron chi connectivity index (χ2n) is 8.72. The lowest BCUT2D eigenvalue weighted by molar-refractivity contribution is -0.929. The van der Waals surface area contributed by atoms with Crippen LogP contribution in [0.4, 0.5) is 0 Å². The smallest absolute Gasteiger partial charge is 0.306 e. The highest BCUT2D eigenvalue weighted by atomic mass is 16.4. The van der Waals surface area contributed by atoms with Crippen molar-refractivity contribution in [2.45, 2.75) is 72.6 Å². The molecule has 7 heteroatoms. The molecule has 0 aliphatic carbocycles. The molecule has 0 heterocycles. The summed E-state index contributed by atoms with van der Waals surface area (Å²) in [5.41, 5.74) is 0. The number of rotatable bonds is 18. The number of hydrogen-bond acceptors (Lipinski definition) is 3. The third kappa shape index (κ3) is 12.0.